The number of carbonyl (C=O) groups excluding carboxylic acids is 1. The summed E-state index contributed by atoms with van der Waals surface area (Å²) in [7, 11) is 0. The highest BCUT2D eigenvalue weighted by Gasteiger charge is 2.17. The van der Waals surface area contributed by atoms with Crippen molar-refractivity contribution in [2.45, 2.75) is 13.8 Å². The summed E-state index contributed by atoms with van der Waals surface area (Å²) < 4.78 is 7.70. The minimum absolute atomic E-state index is 0.0494. The third-order valence-corrected chi connectivity index (χ3v) is 4.99. The molecule has 1 N–H and O–H groups in total. The van der Waals surface area contributed by atoms with Crippen LogP contribution in [0, 0.1) is 24.0 Å². The first-order chi connectivity index (χ1) is 15.4. The van der Waals surface area contributed by atoms with Crippen LogP contribution in [0.15, 0.2) is 82.3 Å². The summed E-state index contributed by atoms with van der Waals surface area (Å²) in [6.45, 7) is 4.01. The summed E-state index contributed by atoms with van der Waals surface area (Å²) in [5.41, 5.74) is 6.30. The van der Waals surface area contributed by atoms with E-state index in [1.807, 2.05) is 38.1 Å². The molecule has 2 aromatic heterocycles. The fourth-order valence-corrected chi connectivity index (χ4v) is 3.49. The van der Waals surface area contributed by atoms with Gasteiger partial charge in [-0.25, -0.2) is 5.43 Å². The maximum atomic E-state index is 12.5. The van der Waals surface area contributed by atoms with Crippen molar-refractivity contribution in [2.75, 3.05) is 0 Å². The van der Waals surface area contributed by atoms with Gasteiger partial charge < -0.3 is 8.98 Å². The molecule has 4 aromatic rings. The van der Waals surface area contributed by atoms with Gasteiger partial charge in [0.05, 0.1) is 16.7 Å². The second-order valence-corrected chi connectivity index (χ2v) is 7.18. The lowest BCUT2D eigenvalue weighted by Crippen LogP contribution is -2.17. The van der Waals surface area contributed by atoms with Gasteiger partial charge in [0.1, 0.15) is 11.5 Å². The second kappa shape index (κ2) is 8.73. The summed E-state index contributed by atoms with van der Waals surface area (Å²) in [5.74, 6) is 0.331. The van der Waals surface area contributed by atoms with Crippen molar-refractivity contribution in [3.05, 3.63) is 106 Å². The number of rotatable bonds is 6. The van der Waals surface area contributed by atoms with Gasteiger partial charge in [-0.2, -0.15) is 5.10 Å². The zero-order valence-electron chi connectivity index (χ0n) is 17.5. The molecule has 4 rings (SSSR count). The number of furan rings is 1. The van der Waals surface area contributed by atoms with Gasteiger partial charge in [0.25, 0.3) is 11.6 Å². The highest BCUT2D eigenvalue weighted by molar-refractivity contribution is 5.95. The topological polar surface area (TPSA) is 103 Å². The van der Waals surface area contributed by atoms with Crippen LogP contribution >= 0.6 is 0 Å². The van der Waals surface area contributed by atoms with E-state index in [0.29, 0.717) is 22.6 Å². The number of aryl methyl sites for hydroxylation is 2. The molecule has 0 unspecified atom stereocenters. The number of para-hydroxylation sites is 1. The second-order valence-electron chi connectivity index (χ2n) is 7.18. The maximum absolute atomic E-state index is 12.5. The Hall–Kier alpha value is -4.46. The molecule has 0 aliphatic carbocycles. The first kappa shape index (κ1) is 20.8. The molecule has 0 aliphatic heterocycles. The first-order valence-electron chi connectivity index (χ1n) is 9.86. The quantitative estimate of drug-likeness (QED) is 0.264. The van der Waals surface area contributed by atoms with E-state index in [1.165, 1.54) is 12.3 Å². The van der Waals surface area contributed by atoms with Gasteiger partial charge in [0.2, 0.25) is 0 Å². The van der Waals surface area contributed by atoms with Crippen molar-refractivity contribution in [3.8, 4) is 17.0 Å². The Morgan fingerprint density at radius 2 is 1.78 bits per heavy atom. The molecule has 8 heteroatoms. The van der Waals surface area contributed by atoms with Crippen molar-refractivity contribution >= 4 is 17.8 Å². The standard InChI is InChI=1S/C24H20N4O4/c1-16-10-11-17(2)27(16)19-7-5-6-18(14-19)24(29)26-25-15-20-12-13-23(32-20)21-8-3-4-9-22(21)28(30)31/h3-15H,1-2H3,(H,26,29)/b25-15-. The summed E-state index contributed by atoms with van der Waals surface area (Å²) in [6, 6.07) is 20.9. The molecule has 0 radical (unpaired) electrons. The average molecular weight is 428 g/mol. The minimum atomic E-state index is -0.462. The monoisotopic (exact) mass is 428 g/mol. The number of hydrogen-bond donors (Lipinski definition) is 1. The molecule has 0 bridgehead atoms. The normalized spacial score (nSPS) is 11.1. The van der Waals surface area contributed by atoms with E-state index in [1.54, 1.807) is 42.5 Å². The fourth-order valence-electron chi connectivity index (χ4n) is 3.49. The number of benzene rings is 2. The zero-order valence-corrected chi connectivity index (χ0v) is 17.5. The molecule has 0 saturated heterocycles. The van der Waals surface area contributed by atoms with Crippen molar-refractivity contribution in [1.82, 2.24) is 9.99 Å². The number of nitro benzene ring substituents is 1. The van der Waals surface area contributed by atoms with E-state index in [4.69, 9.17) is 4.42 Å². The highest BCUT2D eigenvalue weighted by atomic mass is 16.6. The number of carbonyl (C=O) groups is 1. The van der Waals surface area contributed by atoms with Crippen molar-refractivity contribution in [2.24, 2.45) is 5.10 Å². The van der Waals surface area contributed by atoms with Gasteiger partial charge in [-0.15, -0.1) is 0 Å². The predicted octanol–water partition coefficient (Wildman–Crippen LogP) is 5.03. The molecule has 160 valence electrons. The van der Waals surface area contributed by atoms with Crippen molar-refractivity contribution in [1.29, 1.82) is 0 Å². The molecule has 2 heterocycles. The van der Waals surface area contributed by atoms with E-state index in [2.05, 4.69) is 15.1 Å². The SMILES string of the molecule is Cc1ccc(C)n1-c1cccc(C(=O)N/N=C\c2ccc(-c3ccccc3[N+](=O)[O-])o2)c1. The Labute approximate surface area is 184 Å². The average Bonchev–Trinajstić information content (AvgIpc) is 3.40. The number of nitrogens with one attached hydrogen (secondary N) is 1. The van der Waals surface area contributed by atoms with Gasteiger partial charge >= 0.3 is 0 Å². The van der Waals surface area contributed by atoms with Crippen LogP contribution in [0.4, 0.5) is 5.69 Å². The lowest BCUT2D eigenvalue weighted by Gasteiger charge is -2.10. The number of nitro groups is 1. The Morgan fingerprint density at radius 1 is 1.03 bits per heavy atom. The Morgan fingerprint density at radius 3 is 2.53 bits per heavy atom. The lowest BCUT2D eigenvalue weighted by molar-refractivity contribution is -0.384. The van der Waals surface area contributed by atoms with Crippen LogP contribution in [0.25, 0.3) is 17.0 Å². The summed E-state index contributed by atoms with van der Waals surface area (Å²) >= 11 is 0. The Balaban J connectivity index is 1.47. The third-order valence-electron chi connectivity index (χ3n) is 4.99. The van der Waals surface area contributed by atoms with Gasteiger partial charge in [0, 0.05) is 28.7 Å². The van der Waals surface area contributed by atoms with Gasteiger partial charge in [0.15, 0.2) is 0 Å². The van der Waals surface area contributed by atoms with Crippen LogP contribution in [0.2, 0.25) is 0 Å². The zero-order chi connectivity index (χ0) is 22.7. The van der Waals surface area contributed by atoms with Crippen LogP contribution in [-0.4, -0.2) is 21.6 Å². The summed E-state index contributed by atoms with van der Waals surface area (Å²) in [4.78, 5) is 23.3. The van der Waals surface area contributed by atoms with Crippen LogP contribution in [0.3, 0.4) is 0 Å². The van der Waals surface area contributed by atoms with Crippen molar-refractivity contribution < 1.29 is 14.1 Å². The van der Waals surface area contributed by atoms with Crippen LogP contribution in [0.1, 0.15) is 27.5 Å². The van der Waals surface area contributed by atoms with Gasteiger partial charge in [-0.3, -0.25) is 14.9 Å². The predicted molar refractivity (Wildman–Crippen MR) is 121 cm³/mol. The minimum Gasteiger partial charge on any atom is -0.455 e. The third kappa shape index (κ3) is 4.20. The van der Waals surface area contributed by atoms with E-state index >= 15 is 0 Å². The van der Waals surface area contributed by atoms with Gasteiger partial charge in [-0.05, 0) is 62.4 Å². The molecule has 0 fully saturated rings. The number of hydrogen-bond acceptors (Lipinski definition) is 5. The highest BCUT2D eigenvalue weighted by Crippen LogP contribution is 2.30. The largest absolute Gasteiger partial charge is 0.455 e. The molecule has 32 heavy (non-hydrogen) atoms. The number of amides is 1. The molecular weight excluding hydrogens is 408 g/mol. The number of hydrazone groups is 1. The molecule has 8 nitrogen and oxygen atoms in total. The van der Waals surface area contributed by atoms with Crippen LogP contribution in [0.5, 0.6) is 0 Å². The van der Waals surface area contributed by atoms with E-state index < -0.39 is 4.92 Å². The molecule has 0 aliphatic rings. The summed E-state index contributed by atoms with van der Waals surface area (Å²) in [5, 5.41) is 15.2. The Kier molecular flexibility index (Phi) is 5.67. The molecule has 0 atom stereocenters. The molecule has 2 aromatic carbocycles. The Bertz CT molecular complexity index is 1310. The number of aromatic nitrogens is 1. The van der Waals surface area contributed by atoms with Crippen LogP contribution in [-0.2, 0) is 0 Å². The van der Waals surface area contributed by atoms with E-state index in [-0.39, 0.29) is 11.6 Å². The molecule has 0 spiro atoms. The lowest BCUT2D eigenvalue weighted by atomic mass is 10.1. The smallest absolute Gasteiger partial charge is 0.280 e. The van der Waals surface area contributed by atoms with E-state index in [9.17, 15) is 14.9 Å². The van der Waals surface area contributed by atoms with Crippen LogP contribution < -0.4 is 5.43 Å². The maximum Gasteiger partial charge on any atom is 0.280 e. The number of nitrogens with zero attached hydrogens (tertiary/aromatic N) is 3. The molecular formula is C24H20N4O4. The van der Waals surface area contributed by atoms with E-state index in [0.717, 1.165) is 17.1 Å². The molecule has 0 saturated carbocycles. The fraction of sp³-hybridized carbons (Fsp3) is 0.0833. The van der Waals surface area contributed by atoms with Crippen molar-refractivity contribution in [3.63, 3.8) is 0 Å². The summed E-state index contributed by atoms with van der Waals surface area (Å²) in [6.07, 6.45) is 1.35. The molecule has 1 amide bonds. The van der Waals surface area contributed by atoms with Gasteiger partial charge in [-0.1, -0.05) is 18.2 Å². The first-order valence-corrected chi connectivity index (χ1v) is 9.86.